The van der Waals surface area contributed by atoms with Crippen molar-refractivity contribution < 1.29 is 0 Å². The molecule has 2 rings (SSSR count). The zero-order valence-corrected chi connectivity index (χ0v) is 6.57. The number of hydrogen-bond acceptors (Lipinski definition) is 2. The number of rotatable bonds is 1. The van der Waals surface area contributed by atoms with Gasteiger partial charge in [-0.25, -0.2) is 0 Å². The summed E-state index contributed by atoms with van der Waals surface area (Å²) in [5, 5.41) is 8.95. The van der Waals surface area contributed by atoms with Crippen LogP contribution in [0, 0.1) is 0 Å². The SMILES string of the molecule is C=Cc1cnnc2ccccc12. The largest absolute Gasteiger partial charge is 0.158 e. The van der Waals surface area contributed by atoms with Gasteiger partial charge in [-0.15, -0.1) is 0 Å². The minimum absolute atomic E-state index is 0.912. The van der Waals surface area contributed by atoms with Crippen LogP contribution in [0.2, 0.25) is 0 Å². The second-order valence-corrected chi connectivity index (χ2v) is 2.52. The van der Waals surface area contributed by atoms with E-state index in [0.717, 1.165) is 16.5 Å². The van der Waals surface area contributed by atoms with E-state index in [0.29, 0.717) is 0 Å². The normalized spacial score (nSPS) is 10.0. The van der Waals surface area contributed by atoms with E-state index in [1.165, 1.54) is 0 Å². The second-order valence-electron chi connectivity index (χ2n) is 2.52. The third-order valence-corrected chi connectivity index (χ3v) is 1.80. The minimum Gasteiger partial charge on any atom is -0.158 e. The Kier molecular flexibility index (Phi) is 1.59. The third-order valence-electron chi connectivity index (χ3n) is 1.80. The van der Waals surface area contributed by atoms with Crippen molar-refractivity contribution in [2.45, 2.75) is 0 Å². The van der Waals surface area contributed by atoms with Crippen LogP contribution in [-0.2, 0) is 0 Å². The van der Waals surface area contributed by atoms with E-state index < -0.39 is 0 Å². The molecular formula is C10H8N2. The lowest BCUT2D eigenvalue weighted by Gasteiger charge is -1.97. The first-order valence-electron chi connectivity index (χ1n) is 3.74. The molecule has 0 aliphatic rings. The molecule has 0 saturated carbocycles. The van der Waals surface area contributed by atoms with Crippen molar-refractivity contribution >= 4 is 17.0 Å². The molecule has 2 aromatic rings. The highest BCUT2D eigenvalue weighted by molar-refractivity contribution is 5.86. The molecular weight excluding hydrogens is 148 g/mol. The van der Waals surface area contributed by atoms with Crippen molar-refractivity contribution in [1.29, 1.82) is 0 Å². The Morgan fingerprint density at radius 3 is 2.92 bits per heavy atom. The maximum Gasteiger partial charge on any atom is 0.0935 e. The van der Waals surface area contributed by atoms with Gasteiger partial charge in [-0.2, -0.15) is 10.2 Å². The minimum atomic E-state index is 0.912. The van der Waals surface area contributed by atoms with Gasteiger partial charge in [0, 0.05) is 10.9 Å². The standard InChI is InChI=1S/C10H8N2/c1-2-8-7-11-12-10-6-4-3-5-9(8)10/h2-7H,1H2. The van der Waals surface area contributed by atoms with Crippen molar-refractivity contribution in [3.63, 3.8) is 0 Å². The summed E-state index contributed by atoms with van der Waals surface area (Å²) in [6, 6.07) is 7.89. The highest BCUT2D eigenvalue weighted by Crippen LogP contribution is 2.14. The van der Waals surface area contributed by atoms with E-state index in [2.05, 4.69) is 16.8 Å². The Bertz CT molecular complexity index is 416. The summed E-state index contributed by atoms with van der Waals surface area (Å²) in [7, 11) is 0. The van der Waals surface area contributed by atoms with Gasteiger partial charge in [0.25, 0.3) is 0 Å². The van der Waals surface area contributed by atoms with Crippen molar-refractivity contribution in [3.8, 4) is 0 Å². The van der Waals surface area contributed by atoms with Crippen LogP contribution in [0.15, 0.2) is 37.0 Å². The molecule has 2 heteroatoms. The molecule has 0 unspecified atom stereocenters. The lowest BCUT2D eigenvalue weighted by molar-refractivity contribution is 1.07. The van der Waals surface area contributed by atoms with Crippen molar-refractivity contribution in [2.75, 3.05) is 0 Å². The van der Waals surface area contributed by atoms with Gasteiger partial charge in [0.1, 0.15) is 0 Å². The average molecular weight is 156 g/mol. The van der Waals surface area contributed by atoms with Gasteiger partial charge in [0.2, 0.25) is 0 Å². The van der Waals surface area contributed by atoms with Crippen LogP contribution in [0.5, 0.6) is 0 Å². The molecule has 0 aliphatic carbocycles. The summed E-state index contributed by atoms with van der Waals surface area (Å²) in [5.74, 6) is 0. The Hall–Kier alpha value is -1.70. The molecule has 0 fully saturated rings. The van der Waals surface area contributed by atoms with Crippen LogP contribution in [0.25, 0.3) is 17.0 Å². The molecule has 1 heterocycles. The monoisotopic (exact) mass is 156 g/mol. The topological polar surface area (TPSA) is 25.8 Å². The summed E-state index contributed by atoms with van der Waals surface area (Å²) in [6.45, 7) is 3.71. The van der Waals surface area contributed by atoms with Crippen molar-refractivity contribution in [3.05, 3.63) is 42.6 Å². The summed E-state index contributed by atoms with van der Waals surface area (Å²) < 4.78 is 0. The van der Waals surface area contributed by atoms with Crippen molar-refractivity contribution in [1.82, 2.24) is 10.2 Å². The molecule has 0 saturated heterocycles. The summed E-state index contributed by atoms with van der Waals surface area (Å²) in [4.78, 5) is 0. The average Bonchev–Trinajstić information content (AvgIpc) is 2.17. The van der Waals surface area contributed by atoms with Crippen LogP contribution in [-0.4, -0.2) is 10.2 Å². The zero-order valence-electron chi connectivity index (χ0n) is 6.57. The molecule has 1 aromatic carbocycles. The first-order valence-corrected chi connectivity index (χ1v) is 3.74. The first-order chi connectivity index (χ1) is 5.92. The van der Waals surface area contributed by atoms with E-state index in [1.807, 2.05) is 24.3 Å². The number of nitrogens with zero attached hydrogens (tertiary/aromatic N) is 2. The van der Waals surface area contributed by atoms with E-state index >= 15 is 0 Å². The predicted octanol–water partition coefficient (Wildman–Crippen LogP) is 2.27. The first kappa shape index (κ1) is 6.98. The Morgan fingerprint density at radius 2 is 2.08 bits per heavy atom. The number of benzene rings is 1. The molecule has 1 aromatic heterocycles. The van der Waals surface area contributed by atoms with Crippen LogP contribution in [0.1, 0.15) is 5.56 Å². The summed E-state index contributed by atoms with van der Waals surface area (Å²) >= 11 is 0. The Balaban J connectivity index is 2.88. The fraction of sp³-hybridized carbons (Fsp3) is 0. The summed E-state index contributed by atoms with van der Waals surface area (Å²) in [6.07, 6.45) is 3.51. The van der Waals surface area contributed by atoms with Crippen LogP contribution < -0.4 is 0 Å². The van der Waals surface area contributed by atoms with Gasteiger partial charge < -0.3 is 0 Å². The van der Waals surface area contributed by atoms with E-state index in [4.69, 9.17) is 0 Å². The molecule has 12 heavy (non-hydrogen) atoms. The molecule has 0 radical (unpaired) electrons. The zero-order chi connectivity index (χ0) is 8.39. The maximum absolute atomic E-state index is 3.99. The van der Waals surface area contributed by atoms with Gasteiger partial charge in [-0.05, 0) is 6.07 Å². The fourth-order valence-corrected chi connectivity index (χ4v) is 1.19. The van der Waals surface area contributed by atoms with Crippen LogP contribution >= 0.6 is 0 Å². The number of aromatic nitrogens is 2. The highest BCUT2D eigenvalue weighted by atomic mass is 15.1. The molecule has 0 bridgehead atoms. The van der Waals surface area contributed by atoms with Gasteiger partial charge >= 0.3 is 0 Å². The molecule has 0 amide bonds. The number of hydrogen-bond donors (Lipinski definition) is 0. The molecule has 2 nitrogen and oxygen atoms in total. The predicted molar refractivity (Wildman–Crippen MR) is 49.6 cm³/mol. The number of fused-ring (bicyclic) bond motifs is 1. The lowest BCUT2D eigenvalue weighted by Crippen LogP contribution is -1.85. The molecule has 58 valence electrons. The molecule has 0 N–H and O–H groups in total. The maximum atomic E-state index is 3.99. The Labute approximate surface area is 70.6 Å². The fourth-order valence-electron chi connectivity index (χ4n) is 1.19. The van der Waals surface area contributed by atoms with Crippen molar-refractivity contribution in [2.24, 2.45) is 0 Å². The van der Waals surface area contributed by atoms with Crippen LogP contribution in [0.4, 0.5) is 0 Å². The lowest BCUT2D eigenvalue weighted by atomic mass is 10.1. The molecule has 0 spiro atoms. The smallest absolute Gasteiger partial charge is 0.0935 e. The van der Waals surface area contributed by atoms with E-state index in [1.54, 1.807) is 12.3 Å². The van der Waals surface area contributed by atoms with Gasteiger partial charge in [-0.3, -0.25) is 0 Å². The van der Waals surface area contributed by atoms with Crippen LogP contribution in [0.3, 0.4) is 0 Å². The van der Waals surface area contributed by atoms with Gasteiger partial charge in [0.15, 0.2) is 0 Å². The van der Waals surface area contributed by atoms with E-state index in [9.17, 15) is 0 Å². The highest BCUT2D eigenvalue weighted by Gasteiger charge is 1.96. The Morgan fingerprint density at radius 1 is 1.25 bits per heavy atom. The second kappa shape index (κ2) is 2.74. The van der Waals surface area contributed by atoms with Gasteiger partial charge in [0.05, 0.1) is 11.7 Å². The quantitative estimate of drug-likeness (QED) is 0.633. The third kappa shape index (κ3) is 0.975. The summed E-state index contributed by atoms with van der Waals surface area (Å²) in [5.41, 5.74) is 1.94. The van der Waals surface area contributed by atoms with E-state index in [-0.39, 0.29) is 0 Å². The molecule has 0 aliphatic heterocycles. The van der Waals surface area contributed by atoms with Gasteiger partial charge in [-0.1, -0.05) is 30.9 Å². The molecule has 0 atom stereocenters.